The van der Waals surface area contributed by atoms with Crippen LogP contribution < -0.4 is 16.0 Å². The number of hydrogen-bond acceptors (Lipinski definition) is 4. The summed E-state index contributed by atoms with van der Waals surface area (Å²) in [5, 5.41) is 9.95. The third-order valence-electron chi connectivity index (χ3n) is 5.93. The minimum atomic E-state index is -0.690. The topological polar surface area (TPSA) is 90.5 Å². The molecule has 3 amide bonds. The molecule has 150 valence electrons. The Balaban J connectivity index is 1.42. The monoisotopic (exact) mass is 404 g/mol. The van der Waals surface area contributed by atoms with Crippen molar-refractivity contribution in [1.29, 1.82) is 0 Å². The summed E-state index contributed by atoms with van der Waals surface area (Å²) in [6.07, 6.45) is 5.60. The van der Waals surface area contributed by atoms with Crippen LogP contribution in [0, 0.1) is 0 Å². The first-order chi connectivity index (χ1) is 13.4. The summed E-state index contributed by atoms with van der Waals surface area (Å²) in [7, 11) is 0. The van der Waals surface area contributed by atoms with Crippen molar-refractivity contribution in [3.8, 4) is 0 Å². The first-order valence-electron chi connectivity index (χ1n) is 9.91. The van der Waals surface area contributed by atoms with Gasteiger partial charge in [-0.2, -0.15) is 0 Å². The zero-order valence-corrected chi connectivity index (χ0v) is 16.5. The molecule has 1 saturated heterocycles. The van der Waals surface area contributed by atoms with Crippen LogP contribution in [0.4, 0.5) is 5.69 Å². The van der Waals surface area contributed by atoms with Crippen molar-refractivity contribution in [3.63, 3.8) is 0 Å². The molecular formula is C20H25ClN4O3. The molecule has 1 aliphatic carbocycles. The van der Waals surface area contributed by atoms with Crippen LogP contribution in [-0.4, -0.2) is 47.4 Å². The summed E-state index contributed by atoms with van der Waals surface area (Å²) in [6, 6.07) is 5.40. The van der Waals surface area contributed by atoms with Crippen LogP contribution >= 0.6 is 11.6 Å². The summed E-state index contributed by atoms with van der Waals surface area (Å²) in [6.45, 7) is 0.485. The van der Waals surface area contributed by atoms with E-state index in [2.05, 4.69) is 16.0 Å². The highest BCUT2D eigenvalue weighted by Gasteiger charge is 2.40. The molecule has 1 aromatic rings. The number of hydrogen-bond donors (Lipinski definition) is 3. The van der Waals surface area contributed by atoms with Gasteiger partial charge >= 0.3 is 0 Å². The number of benzene rings is 1. The van der Waals surface area contributed by atoms with E-state index in [0.29, 0.717) is 35.7 Å². The van der Waals surface area contributed by atoms with Crippen LogP contribution in [0.3, 0.4) is 0 Å². The van der Waals surface area contributed by atoms with E-state index in [1.165, 1.54) is 0 Å². The number of amides is 3. The number of rotatable bonds is 3. The highest BCUT2D eigenvalue weighted by atomic mass is 35.5. The van der Waals surface area contributed by atoms with E-state index in [-0.39, 0.29) is 36.7 Å². The average Bonchev–Trinajstić information content (AvgIpc) is 3.12. The maximum atomic E-state index is 12.6. The van der Waals surface area contributed by atoms with Gasteiger partial charge in [-0.1, -0.05) is 24.4 Å². The molecule has 2 fully saturated rings. The fourth-order valence-electron chi connectivity index (χ4n) is 4.38. The van der Waals surface area contributed by atoms with Crippen LogP contribution in [0.15, 0.2) is 18.2 Å². The van der Waals surface area contributed by atoms with Gasteiger partial charge in [-0.05, 0) is 37.5 Å². The molecule has 28 heavy (non-hydrogen) atoms. The van der Waals surface area contributed by atoms with E-state index in [1.807, 2.05) is 0 Å². The van der Waals surface area contributed by atoms with Crippen molar-refractivity contribution in [2.24, 2.45) is 0 Å². The van der Waals surface area contributed by atoms with E-state index in [9.17, 15) is 14.4 Å². The number of likely N-dealkylation sites (tertiary alicyclic amines) is 1. The SMILES string of the molecule is O=C(CN1CC[C@@]2(CCC1=O)NC(=O)c1cc(Cl)ccc1N2)NC1CCCC1. The van der Waals surface area contributed by atoms with Crippen LogP contribution in [0.2, 0.25) is 5.02 Å². The Morgan fingerprint density at radius 3 is 2.79 bits per heavy atom. The van der Waals surface area contributed by atoms with E-state index in [4.69, 9.17) is 11.6 Å². The molecule has 3 N–H and O–H groups in total. The van der Waals surface area contributed by atoms with Gasteiger partial charge in [0.2, 0.25) is 11.8 Å². The summed E-state index contributed by atoms with van der Waals surface area (Å²) in [5.41, 5.74) is 0.527. The predicted octanol–water partition coefficient (Wildman–Crippen LogP) is 2.26. The lowest BCUT2D eigenvalue weighted by molar-refractivity contribution is -0.135. The van der Waals surface area contributed by atoms with Crippen molar-refractivity contribution in [1.82, 2.24) is 15.5 Å². The highest BCUT2D eigenvalue weighted by molar-refractivity contribution is 6.31. The van der Waals surface area contributed by atoms with Gasteiger partial charge in [-0.3, -0.25) is 14.4 Å². The van der Waals surface area contributed by atoms with Crippen LogP contribution in [-0.2, 0) is 9.59 Å². The molecule has 2 heterocycles. The smallest absolute Gasteiger partial charge is 0.255 e. The largest absolute Gasteiger partial charge is 0.362 e. The fourth-order valence-corrected chi connectivity index (χ4v) is 4.55. The van der Waals surface area contributed by atoms with Gasteiger partial charge in [-0.15, -0.1) is 0 Å². The first kappa shape index (κ1) is 19.1. The van der Waals surface area contributed by atoms with E-state index in [0.717, 1.165) is 25.7 Å². The van der Waals surface area contributed by atoms with E-state index >= 15 is 0 Å². The van der Waals surface area contributed by atoms with Gasteiger partial charge < -0.3 is 20.9 Å². The van der Waals surface area contributed by atoms with Crippen molar-refractivity contribution in [3.05, 3.63) is 28.8 Å². The third kappa shape index (κ3) is 3.94. The molecule has 1 atom stereocenters. The zero-order chi connectivity index (χ0) is 19.7. The number of nitrogens with one attached hydrogen (secondary N) is 3. The lowest BCUT2D eigenvalue weighted by atomic mass is 9.95. The van der Waals surface area contributed by atoms with Gasteiger partial charge in [0.15, 0.2) is 0 Å². The maximum absolute atomic E-state index is 12.6. The molecule has 8 heteroatoms. The van der Waals surface area contributed by atoms with Crippen LogP contribution in [0.1, 0.15) is 55.3 Å². The second-order valence-electron chi connectivity index (χ2n) is 7.97. The number of fused-ring (bicyclic) bond motifs is 1. The number of carbonyl (C=O) groups is 3. The summed E-state index contributed by atoms with van der Waals surface area (Å²) >= 11 is 6.00. The third-order valence-corrected chi connectivity index (χ3v) is 6.17. The standard InChI is InChI=1S/C20H25ClN4O3/c21-13-5-6-16-15(11-13)19(28)24-20(23-16)8-7-18(27)25(10-9-20)12-17(26)22-14-3-1-2-4-14/h5-6,11,14,23H,1-4,7-10,12H2,(H,22,26)(H,24,28)/t20-/m1/s1. The van der Waals surface area contributed by atoms with Crippen molar-refractivity contribution in [2.45, 2.75) is 56.7 Å². The number of anilines is 1. The molecule has 1 spiro atoms. The summed E-state index contributed by atoms with van der Waals surface area (Å²) < 4.78 is 0. The van der Waals surface area contributed by atoms with E-state index in [1.54, 1.807) is 23.1 Å². The van der Waals surface area contributed by atoms with Gasteiger partial charge in [0.25, 0.3) is 5.91 Å². The van der Waals surface area contributed by atoms with Gasteiger partial charge in [-0.25, -0.2) is 0 Å². The van der Waals surface area contributed by atoms with E-state index < -0.39 is 5.66 Å². The molecular weight excluding hydrogens is 380 g/mol. The Labute approximate surface area is 169 Å². The molecule has 1 saturated carbocycles. The molecule has 0 bridgehead atoms. The second-order valence-corrected chi connectivity index (χ2v) is 8.40. The molecule has 4 rings (SSSR count). The van der Waals surface area contributed by atoms with Crippen molar-refractivity contribution < 1.29 is 14.4 Å². The molecule has 7 nitrogen and oxygen atoms in total. The fraction of sp³-hybridized carbons (Fsp3) is 0.550. The second kappa shape index (κ2) is 7.62. The van der Waals surface area contributed by atoms with Gasteiger partial charge in [0.05, 0.1) is 12.1 Å². The number of carbonyl (C=O) groups excluding carboxylic acids is 3. The normalized spacial score (nSPS) is 25.1. The lowest BCUT2D eigenvalue weighted by Crippen LogP contribution is -2.58. The van der Waals surface area contributed by atoms with Crippen LogP contribution in [0.25, 0.3) is 0 Å². The minimum absolute atomic E-state index is 0.0589. The first-order valence-corrected chi connectivity index (χ1v) is 10.3. The average molecular weight is 405 g/mol. The molecule has 0 radical (unpaired) electrons. The molecule has 1 aromatic carbocycles. The molecule has 3 aliphatic rings. The Bertz CT molecular complexity index is 809. The minimum Gasteiger partial charge on any atom is -0.362 e. The lowest BCUT2D eigenvalue weighted by Gasteiger charge is -2.40. The quantitative estimate of drug-likeness (QED) is 0.720. The Hall–Kier alpha value is -2.28. The predicted molar refractivity (Wildman–Crippen MR) is 106 cm³/mol. The molecule has 0 aromatic heterocycles. The van der Waals surface area contributed by atoms with Gasteiger partial charge in [0, 0.05) is 36.1 Å². The van der Waals surface area contributed by atoms with Crippen molar-refractivity contribution in [2.75, 3.05) is 18.4 Å². The maximum Gasteiger partial charge on any atom is 0.255 e. The summed E-state index contributed by atoms with van der Waals surface area (Å²) in [5.74, 6) is -0.357. The zero-order valence-electron chi connectivity index (χ0n) is 15.7. The molecule has 2 aliphatic heterocycles. The Morgan fingerprint density at radius 1 is 1.21 bits per heavy atom. The number of halogens is 1. The molecule has 0 unspecified atom stereocenters. The Morgan fingerprint density at radius 2 is 2.00 bits per heavy atom. The number of nitrogens with zero attached hydrogens (tertiary/aromatic N) is 1. The van der Waals surface area contributed by atoms with Crippen LogP contribution in [0.5, 0.6) is 0 Å². The summed E-state index contributed by atoms with van der Waals surface area (Å²) in [4.78, 5) is 39.1. The van der Waals surface area contributed by atoms with Crippen molar-refractivity contribution >= 4 is 35.0 Å². The Kier molecular flexibility index (Phi) is 5.19. The highest BCUT2D eigenvalue weighted by Crippen LogP contribution is 2.33. The van der Waals surface area contributed by atoms with Gasteiger partial charge in [0.1, 0.15) is 5.66 Å².